The van der Waals surface area contributed by atoms with Crippen LogP contribution in [-0.4, -0.2) is 11.2 Å². The van der Waals surface area contributed by atoms with Crippen molar-refractivity contribution in [1.29, 1.82) is 0 Å². The summed E-state index contributed by atoms with van der Waals surface area (Å²) in [6, 6.07) is 22.7. The molecule has 5 heteroatoms. The highest BCUT2D eigenvalue weighted by Crippen LogP contribution is 2.31. The Labute approximate surface area is 190 Å². The molecule has 0 unspecified atom stereocenters. The maximum absolute atomic E-state index is 12.2. The highest BCUT2D eigenvalue weighted by molar-refractivity contribution is 7.21. The second kappa shape index (κ2) is 9.70. The number of halogens is 3. The molecular weight excluding hydrogens is 427 g/mol. The SMILES string of the molecule is Cc1ccc2nc(-c3ccc(/C=C/c4ccc(CCCCC(F)(F)F)cc4)cc3)sc2c1. The minimum absolute atomic E-state index is 0.178. The lowest BCUT2D eigenvalue weighted by molar-refractivity contribution is -0.135. The van der Waals surface area contributed by atoms with E-state index in [0.29, 0.717) is 12.8 Å². The summed E-state index contributed by atoms with van der Waals surface area (Å²) in [5.74, 6) is 0. The van der Waals surface area contributed by atoms with Gasteiger partial charge in [-0.2, -0.15) is 13.2 Å². The van der Waals surface area contributed by atoms with Gasteiger partial charge in [0.1, 0.15) is 5.01 Å². The maximum Gasteiger partial charge on any atom is 0.389 e. The molecule has 0 radical (unpaired) electrons. The van der Waals surface area contributed by atoms with Gasteiger partial charge in [-0.3, -0.25) is 0 Å². The van der Waals surface area contributed by atoms with E-state index in [1.165, 1.54) is 10.3 Å². The summed E-state index contributed by atoms with van der Waals surface area (Å²) in [4.78, 5) is 4.74. The van der Waals surface area contributed by atoms with Crippen LogP contribution in [0.5, 0.6) is 0 Å². The molecule has 0 amide bonds. The standard InChI is InChI=1S/C27H24F3NS/c1-19-5-16-24-25(18-19)32-26(31-24)23-14-12-22(13-15-23)11-10-21-8-6-20(7-9-21)4-2-3-17-27(28,29)30/h5-16,18H,2-4,17H2,1H3/b11-10+. The number of alkyl halides is 3. The summed E-state index contributed by atoms with van der Waals surface area (Å²) in [6.07, 6.45) is 0.748. The van der Waals surface area contributed by atoms with Crippen molar-refractivity contribution in [1.82, 2.24) is 4.98 Å². The van der Waals surface area contributed by atoms with Gasteiger partial charge >= 0.3 is 6.18 Å². The van der Waals surface area contributed by atoms with Crippen LogP contribution in [0.4, 0.5) is 13.2 Å². The number of unbranched alkanes of at least 4 members (excludes halogenated alkanes) is 1. The van der Waals surface area contributed by atoms with E-state index < -0.39 is 12.6 Å². The quantitative estimate of drug-likeness (QED) is 0.202. The summed E-state index contributed by atoms with van der Waals surface area (Å²) >= 11 is 1.71. The van der Waals surface area contributed by atoms with Crippen LogP contribution in [0.25, 0.3) is 32.9 Å². The van der Waals surface area contributed by atoms with Gasteiger partial charge in [-0.1, -0.05) is 66.7 Å². The molecule has 1 heterocycles. The van der Waals surface area contributed by atoms with E-state index in [1.54, 1.807) is 11.3 Å². The molecule has 0 aliphatic carbocycles. The molecule has 4 aromatic rings. The molecule has 0 saturated heterocycles. The molecule has 0 spiro atoms. The van der Waals surface area contributed by atoms with Crippen molar-refractivity contribution in [3.63, 3.8) is 0 Å². The van der Waals surface area contributed by atoms with Crippen molar-refractivity contribution in [2.45, 2.75) is 38.8 Å². The minimum Gasteiger partial charge on any atom is -0.236 e. The molecule has 3 aromatic carbocycles. The van der Waals surface area contributed by atoms with E-state index in [-0.39, 0.29) is 6.42 Å². The second-order valence-corrected chi connectivity index (χ2v) is 9.04. The highest BCUT2D eigenvalue weighted by atomic mass is 32.1. The number of aryl methyl sites for hydroxylation is 2. The fourth-order valence-corrected chi connectivity index (χ4v) is 4.60. The van der Waals surface area contributed by atoms with Crippen LogP contribution in [-0.2, 0) is 6.42 Å². The molecule has 1 nitrogen and oxygen atoms in total. The summed E-state index contributed by atoms with van der Waals surface area (Å²) in [7, 11) is 0. The number of fused-ring (bicyclic) bond motifs is 1. The van der Waals surface area contributed by atoms with Gasteiger partial charge < -0.3 is 0 Å². The van der Waals surface area contributed by atoms with Gasteiger partial charge in [0.15, 0.2) is 0 Å². The number of aromatic nitrogens is 1. The Bertz CT molecular complexity index is 1200. The average Bonchev–Trinajstić information content (AvgIpc) is 3.19. The number of benzene rings is 3. The zero-order valence-electron chi connectivity index (χ0n) is 17.8. The van der Waals surface area contributed by atoms with Gasteiger partial charge in [0.25, 0.3) is 0 Å². The fraction of sp³-hybridized carbons (Fsp3) is 0.222. The highest BCUT2D eigenvalue weighted by Gasteiger charge is 2.25. The van der Waals surface area contributed by atoms with Crippen LogP contribution < -0.4 is 0 Å². The lowest BCUT2D eigenvalue weighted by atomic mass is 10.0. The predicted molar refractivity (Wildman–Crippen MR) is 129 cm³/mol. The van der Waals surface area contributed by atoms with Crippen molar-refractivity contribution in [3.05, 3.63) is 89.0 Å². The molecule has 0 N–H and O–H groups in total. The van der Waals surface area contributed by atoms with Gasteiger partial charge in [-0.05, 0) is 60.6 Å². The molecule has 0 aliphatic heterocycles. The third kappa shape index (κ3) is 6.07. The monoisotopic (exact) mass is 451 g/mol. The van der Waals surface area contributed by atoms with E-state index in [1.807, 2.05) is 30.3 Å². The first kappa shape index (κ1) is 22.3. The van der Waals surface area contributed by atoms with E-state index in [2.05, 4.69) is 55.5 Å². The Morgan fingerprint density at radius 2 is 1.50 bits per heavy atom. The van der Waals surface area contributed by atoms with Gasteiger partial charge in [0.05, 0.1) is 10.2 Å². The molecule has 0 atom stereocenters. The number of hydrogen-bond acceptors (Lipinski definition) is 2. The molecule has 4 rings (SSSR count). The molecule has 1 aromatic heterocycles. The lowest BCUT2D eigenvalue weighted by Gasteiger charge is -2.06. The smallest absolute Gasteiger partial charge is 0.236 e. The molecule has 0 bridgehead atoms. The topological polar surface area (TPSA) is 12.9 Å². The van der Waals surface area contributed by atoms with Crippen molar-refractivity contribution in [2.24, 2.45) is 0 Å². The van der Waals surface area contributed by atoms with Crippen molar-refractivity contribution in [2.75, 3.05) is 0 Å². The molecule has 0 saturated carbocycles. The molecule has 0 aliphatic rings. The lowest BCUT2D eigenvalue weighted by Crippen LogP contribution is -2.06. The zero-order valence-corrected chi connectivity index (χ0v) is 18.6. The fourth-order valence-electron chi connectivity index (χ4n) is 3.53. The van der Waals surface area contributed by atoms with Crippen molar-refractivity contribution >= 4 is 33.7 Å². The van der Waals surface area contributed by atoms with Crippen molar-refractivity contribution in [3.8, 4) is 10.6 Å². The van der Waals surface area contributed by atoms with Crippen LogP contribution in [0.2, 0.25) is 0 Å². The summed E-state index contributed by atoms with van der Waals surface area (Å²) in [5.41, 5.74) is 6.61. The number of thiazole rings is 1. The van der Waals surface area contributed by atoms with Gasteiger partial charge in [-0.25, -0.2) is 4.98 Å². The third-order valence-electron chi connectivity index (χ3n) is 5.33. The Kier molecular flexibility index (Phi) is 6.75. The minimum atomic E-state index is -4.06. The van der Waals surface area contributed by atoms with Crippen LogP contribution in [0.3, 0.4) is 0 Å². The Balaban J connectivity index is 1.35. The van der Waals surface area contributed by atoms with Crippen LogP contribution in [0.1, 0.15) is 41.5 Å². The second-order valence-electron chi connectivity index (χ2n) is 8.01. The Morgan fingerprint density at radius 1 is 0.844 bits per heavy atom. The average molecular weight is 452 g/mol. The van der Waals surface area contributed by atoms with E-state index in [4.69, 9.17) is 4.98 Å². The first-order valence-electron chi connectivity index (χ1n) is 10.7. The first-order chi connectivity index (χ1) is 15.4. The number of rotatable bonds is 7. The largest absolute Gasteiger partial charge is 0.389 e. The normalized spacial score (nSPS) is 12.1. The van der Waals surface area contributed by atoms with E-state index in [0.717, 1.165) is 32.8 Å². The predicted octanol–water partition coefficient (Wildman–Crippen LogP) is 8.72. The molecule has 32 heavy (non-hydrogen) atoms. The van der Waals surface area contributed by atoms with E-state index >= 15 is 0 Å². The van der Waals surface area contributed by atoms with Crippen molar-refractivity contribution < 1.29 is 13.2 Å². The summed E-state index contributed by atoms with van der Waals surface area (Å²) in [5, 5.41) is 1.02. The number of nitrogens with zero attached hydrogens (tertiary/aromatic N) is 1. The summed E-state index contributed by atoms with van der Waals surface area (Å²) < 4.78 is 37.8. The number of hydrogen-bond donors (Lipinski definition) is 0. The molecule has 164 valence electrons. The maximum atomic E-state index is 12.2. The Hall–Kier alpha value is -2.92. The molecular formula is C27H24F3NS. The van der Waals surface area contributed by atoms with Gasteiger partial charge in [0.2, 0.25) is 0 Å². The van der Waals surface area contributed by atoms with Crippen LogP contribution in [0.15, 0.2) is 66.7 Å². The summed E-state index contributed by atoms with van der Waals surface area (Å²) in [6.45, 7) is 2.09. The van der Waals surface area contributed by atoms with Crippen LogP contribution >= 0.6 is 11.3 Å². The zero-order chi connectivity index (χ0) is 22.6. The Morgan fingerprint density at radius 3 is 2.16 bits per heavy atom. The third-order valence-corrected chi connectivity index (χ3v) is 6.39. The van der Waals surface area contributed by atoms with Crippen LogP contribution in [0, 0.1) is 6.92 Å². The molecule has 0 fully saturated rings. The van der Waals surface area contributed by atoms with Gasteiger partial charge in [-0.15, -0.1) is 11.3 Å². The van der Waals surface area contributed by atoms with E-state index in [9.17, 15) is 13.2 Å². The van der Waals surface area contributed by atoms with Gasteiger partial charge in [0, 0.05) is 12.0 Å². The first-order valence-corrected chi connectivity index (χ1v) is 11.5.